The first-order chi connectivity index (χ1) is 12.5. The van der Waals surface area contributed by atoms with Gasteiger partial charge >= 0.3 is 0 Å². The van der Waals surface area contributed by atoms with Gasteiger partial charge in [0.2, 0.25) is 5.91 Å². The predicted octanol–water partition coefficient (Wildman–Crippen LogP) is 3.51. The minimum Gasteiger partial charge on any atom is -0.325 e. The van der Waals surface area contributed by atoms with E-state index in [2.05, 4.69) is 15.4 Å². The minimum atomic E-state index is -0.176. The molecular weight excluding hydrogens is 328 g/mol. The monoisotopic (exact) mass is 348 g/mol. The number of nitrogens with zero attached hydrogens (tertiary/aromatic N) is 3. The van der Waals surface area contributed by atoms with Gasteiger partial charge in [0, 0.05) is 24.1 Å². The molecule has 0 aliphatic carbocycles. The molecule has 2 heterocycles. The molecule has 0 saturated heterocycles. The molecule has 6 nitrogen and oxygen atoms in total. The lowest BCUT2D eigenvalue weighted by molar-refractivity contribution is -0.114. The molecule has 6 heteroatoms. The number of pyridine rings is 1. The molecule has 0 saturated carbocycles. The average Bonchev–Trinajstić information content (AvgIpc) is 2.62. The predicted molar refractivity (Wildman–Crippen MR) is 102 cm³/mol. The number of amides is 1. The summed E-state index contributed by atoms with van der Waals surface area (Å²) in [4.78, 5) is 28.0. The van der Waals surface area contributed by atoms with Gasteiger partial charge in [-0.2, -0.15) is 5.10 Å². The van der Waals surface area contributed by atoms with Crippen molar-refractivity contribution < 1.29 is 4.79 Å². The van der Waals surface area contributed by atoms with Crippen molar-refractivity contribution in [2.75, 3.05) is 5.32 Å². The first kappa shape index (κ1) is 17.5. The van der Waals surface area contributed by atoms with E-state index in [1.165, 1.54) is 17.7 Å². The summed E-state index contributed by atoms with van der Waals surface area (Å²) in [5.41, 5.74) is 3.46. The molecule has 0 unspecified atom stereocenters. The third kappa shape index (κ3) is 3.69. The lowest BCUT2D eigenvalue weighted by Gasteiger charge is -2.14. The third-order valence-electron chi connectivity index (χ3n) is 3.85. The zero-order valence-corrected chi connectivity index (χ0v) is 14.9. The second-order valence-corrected chi connectivity index (χ2v) is 6.26. The molecule has 26 heavy (non-hydrogen) atoms. The second-order valence-electron chi connectivity index (χ2n) is 6.26. The Hall–Kier alpha value is -3.28. The van der Waals surface area contributed by atoms with Gasteiger partial charge in [0.05, 0.1) is 29.3 Å². The summed E-state index contributed by atoms with van der Waals surface area (Å²) in [5, 5.41) is 7.24. The van der Waals surface area contributed by atoms with Gasteiger partial charge in [-0.3, -0.25) is 14.6 Å². The number of rotatable bonds is 4. The number of nitrogens with one attached hydrogen (secondary N) is 1. The van der Waals surface area contributed by atoms with Gasteiger partial charge in [0.15, 0.2) is 0 Å². The van der Waals surface area contributed by atoms with Gasteiger partial charge in [-0.1, -0.05) is 30.3 Å². The van der Waals surface area contributed by atoms with E-state index in [-0.39, 0.29) is 17.5 Å². The topological polar surface area (TPSA) is 76.9 Å². The summed E-state index contributed by atoms with van der Waals surface area (Å²) in [5.74, 6) is -0.176. The van der Waals surface area contributed by atoms with Crippen molar-refractivity contribution in [3.8, 4) is 22.5 Å². The molecule has 132 valence electrons. The van der Waals surface area contributed by atoms with Crippen LogP contribution in [0.25, 0.3) is 22.5 Å². The van der Waals surface area contributed by atoms with Crippen LogP contribution < -0.4 is 10.9 Å². The van der Waals surface area contributed by atoms with Crippen molar-refractivity contribution >= 4 is 11.6 Å². The minimum absolute atomic E-state index is 0.0610. The van der Waals surface area contributed by atoms with Crippen molar-refractivity contribution in [3.63, 3.8) is 0 Å². The Labute approximate surface area is 151 Å². The van der Waals surface area contributed by atoms with E-state index in [0.717, 1.165) is 16.8 Å². The summed E-state index contributed by atoms with van der Waals surface area (Å²) in [6.07, 6.45) is 1.62. The standard InChI is InChI=1S/C20H20N4O2/c1-13(2)24-19(26)10-9-18(23-24)17-11-16(22-14(3)25)12-21-20(17)15-7-5-4-6-8-15/h4-13H,1-3H3,(H,22,25). The van der Waals surface area contributed by atoms with Gasteiger partial charge in [-0.15, -0.1) is 0 Å². The van der Waals surface area contributed by atoms with Crippen LogP contribution in [0.2, 0.25) is 0 Å². The Morgan fingerprint density at radius 1 is 1.12 bits per heavy atom. The second kappa shape index (κ2) is 7.31. The maximum Gasteiger partial charge on any atom is 0.267 e. The van der Waals surface area contributed by atoms with Gasteiger partial charge in [0.25, 0.3) is 5.56 Å². The molecule has 0 atom stereocenters. The highest BCUT2D eigenvalue weighted by molar-refractivity contribution is 5.90. The summed E-state index contributed by atoms with van der Waals surface area (Å²) in [6, 6.07) is 14.7. The molecule has 0 fully saturated rings. The zero-order valence-electron chi connectivity index (χ0n) is 14.9. The van der Waals surface area contributed by atoms with Crippen LogP contribution in [0.3, 0.4) is 0 Å². The lowest BCUT2D eigenvalue weighted by atomic mass is 10.0. The van der Waals surface area contributed by atoms with Crippen molar-refractivity contribution in [1.29, 1.82) is 0 Å². The molecule has 3 rings (SSSR count). The molecule has 0 spiro atoms. The normalized spacial score (nSPS) is 10.8. The average molecular weight is 348 g/mol. The molecule has 0 aliphatic heterocycles. The summed E-state index contributed by atoms with van der Waals surface area (Å²) in [6.45, 7) is 5.26. The Morgan fingerprint density at radius 2 is 1.85 bits per heavy atom. The number of carbonyl (C=O) groups excluding carboxylic acids is 1. The van der Waals surface area contributed by atoms with Crippen molar-refractivity contribution in [2.45, 2.75) is 26.8 Å². The third-order valence-corrected chi connectivity index (χ3v) is 3.85. The maximum absolute atomic E-state index is 12.0. The van der Waals surface area contributed by atoms with Gasteiger partial charge in [0.1, 0.15) is 0 Å². The van der Waals surface area contributed by atoms with E-state index >= 15 is 0 Å². The van der Waals surface area contributed by atoms with E-state index in [1.54, 1.807) is 12.3 Å². The number of carbonyl (C=O) groups is 1. The number of hydrogen-bond donors (Lipinski definition) is 1. The fourth-order valence-corrected chi connectivity index (χ4v) is 2.70. The highest BCUT2D eigenvalue weighted by atomic mass is 16.1. The van der Waals surface area contributed by atoms with Crippen LogP contribution in [0.15, 0.2) is 59.5 Å². The van der Waals surface area contributed by atoms with Crippen LogP contribution in [0.1, 0.15) is 26.8 Å². The van der Waals surface area contributed by atoms with Gasteiger partial charge in [-0.25, -0.2) is 4.68 Å². The van der Waals surface area contributed by atoms with Gasteiger partial charge in [-0.05, 0) is 26.0 Å². The van der Waals surface area contributed by atoms with Crippen molar-refractivity contribution in [1.82, 2.24) is 14.8 Å². The van der Waals surface area contributed by atoms with Crippen LogP contribution in [-0.2, 0) is 4.79 Å². The molecule has 2 aromatic heterocycles. The molecule has 0 bridgehead atoms. The molecule has 0 radical (unpaired) electrons. The van der Waals surface area contributed by atoms with E-state index in [0.29, 0.717) is 11.4 Å². The fraction of sp³-hybridized carbons (Fsp3) is 0.200. The molecule has 1 N–H and O–H groups in total. The van der Waals surface area contributed by atoms with Crippen LogP contribution in [-0.4, -0.2) is 20.7 Å². The zero-order chi connectivity index (χ0) is 18.7. The van der Waals surface area contributed by atoms with E-state index in [9.17, 15) is 9.59 Å². The van der Waals surface area contributed by atoms with Crippen LogP contribution >= 0.6 is 0 Å². The Bertz CT molecular complexity index is 994. The Balaban J connectivity index is 2.21. The molecule has 3 aromatic rings. The largest absolute Gasteiger partial charge is 0.325 e. The Morgan fingerprint density at radius 3 is 2.50 bits per heavy atom. The fourth-order valence-electron chi connectivity index (χ4n) is 2.70. The van der Waals surface area contributed by atoms with Crippen LogP contribution in [0.5, 0.6) is 0 Å². The molecule has 0 aliphatic rings. The van der Waals surface area contributed by atoms with E-state index < -0.39 is 0 Å². The molecular formula is C20H20N4O2. The first-order valence-corrected chi connectivity index (χ1v) is 8.39. The first-order valence-electron chi connectivity index (χ1n) is 8.39. The SMILES string of the molecule is CC(=O)Nc1cnc(-c2ccccc2)c(-c2ccc(=O)n(C(C)C)n2)c1. The van der Waals surface area contributed by atoms with Crippen LogP contribution in [0.4, 0.5) is 5.69 Å². The lowest BCUT2D eigenvalue weighted by Crippen LogP contribution is -2.24. The summed E-state index contributed by atoms with van der Waals surface area (Å²) < 4.78 is 1.44. The highest BCUT2D eigenvalue weighted by Crippen LogP contribution is 2.31. The summed E-state index contributed by atoms with van der Waals surface area (Å²) >= 11 is 0. The maximum atomic E-state index is 12.0. The smallest absolute Gasteiger partial charge is 0.267 e. The number of anilines is 1. The van der Waals surface area contributed by atoms with E-state index in [1.807, 2.05) is 50.2 Å². The van der Waals surface area contributed by atoms with E-state index in [4.69, 9.17) is 0 Å². The molecule has 1 amide bonds. The Kier molecular flexibility index (Phi) is 4.93. The van der Waals surface area contributed by atoms with Gasteiger partial charge < -0.3 is 5.32 Å². The van der Waals surface area contributed by atoms with Crippen LogP contribution in [0, 0.1) is 0 Å². The van der Waals surface area contributed by atoms with Crippen molar-refractivity contribution in [3.05, 3.63) is 65.1 Å². The quantitative estimate of drug-likeness (QED) is 0.783. The number of hydrogen-bond acceptors (Lipinski definition) is 4. The molecule has 1 aromatic carbocycles. The number of benzene rings is 1. The summed E-state index contributed by atoms with van der Waals surface area (Å²) in [7, 11) is 0. The highest BCUT2D eigenvalue weighted by Gasteiger charge is 2.14. The number of aromatic nitrogens is 3. The van der Waals surface area contributed by atoms with Crippen molar-refractivity contribution in [2.24, 2.45) is 0 Å².